The third kappa shape index (κ3) is 2.52. The highest BCUT2D eigenvalue weighted by molar-refractivity contribution is 6.04. The second-order valence-corrected chi connectivity index (χ2v) is 9.29. The van der Waals surface area contributed by atoms with Gasteiger partial charge in [0.25, 0.3) is 0 Å². The SMILES string of the molecule is Cc1cc2c(C)c(C)c(C)c(C)c2nc1-c1c(C)n(C)c2c(C)c(C)c(C)c(C)c12. The molecule has 0 radical (unpaired) electrons. The fourth-order valence-electron chi connectivity index (χ4n) is 5.20. The van der Waals surface area contributed by atoms with E-state index in [4.69, 9.17) is 4.98 Å². The second-order valence-electron chi connectivity index (χ2n) is 9.29. The Morgan fingerprint density at radius 3 is 1.80 bits per heavy atom. The van der Waals surface area contributed by atoms with Gasteiger partial charge in [-0.25, -0.2) is 4.98 Å². The highest BCUT2D eigenvalue weighted by atomic mass is 15.0. The monoisotopic (exact) mass is 398 g/mol. The Bertz CT molecular complexity index is 1380. The maximum atomic E-state index is 5.34. The Balaban J connectivity index is 2.22. The van der Waals surface area contributed by atoms with Gasteiger partial charge in [0.2, 0.25) is 0 Å². The average molecular weight is 399 g/mol. The zero-order valence-corrected chi connectivity index (χ0v) is 20.5. The standard InChI is InChI=1S/C28H34N2/c1-13-12-23-18(6)14(2)16(4)20(8)27(23)29-26(13)25-22(10)30(11)28-21(9)17(5)15(3)19(7)24(25)28/h12H,1-11H3. The maximum Gasteiger partial charge on any atom is 0.0763 e. The molecule has 0 amide bonds. The molecule has 0 aliphatic heterocycles. The quantitative estimate of drug-likeness (QED) is 0.325. The minimum atomic E-state index is 1.13. The number of rotatable bonds is 1. The van der Waals surface area contributed by atoms with Crippen molar-refractivity contribution in [3.05, 3.63) is 61.8 Å². The summed E-state index contributed by atoms with van der Waals surface area (Å²) in [5, 5.41) is 2.65. The van der Waals surface area contributed by atoms with E-state index >= 15 is 0 Å². The molecule has 0 aliphatic rings. The second kappa shape index (κ2) is 6.70. The lowest BCUT2D eigenvalue weighted by molar-refractivity contribution is 0.913. The zero-order chi connectivity index (χ0) is 22.2. The van der Waals surface area contributed by atoms with Crippen molar-refractivity contribution in [1.29, 1.82) is 0 Å². The maximum absolute atomic E-state index is 5.34. The number of aryl methyl sites for hydroxylation is 6. The lowest BCUT2D eigenvalue weighted by Crippen LogP contribution is -2.00. The van der Waals surface area contributed by atoms with E-state index in [1.54, 1.807) is 0 Å². The van der Waals surface area contributed by atoms with Gasteiger partial charge >= 0.3 is 0 Å². The fourth-order valence-corrected chi connectivity index (χ4v) is 5.20. The number of hydrogen-bond acceptors (Lipinski definition) is 1. The molecule has 2 aromatic carbocycles. The van der Waals surface area contributed by atoms with Crippen LogP contribution in [0.25, 0.3) is 33.1 Å². The summed E-state index contributed by atoms with van der Waals surface area (Å²) in [7, 11) is 2.20. The predicted molar refractivity (Wildman–Crippen MR) is 131 cm³/mol. The summed E-state index contributed by atoms with van der Waals surface area (Å²) < 4.78 is 2.36. The van der Waals surface area contributed by atoms with E-state index in [1.807, 2.05) is 0 Å². The molecule has 2 aromatic heterocycles. The Kier molecular flexibility index (Phi) is 4.61. The summed E-state index contributed by atoms with van der Waals surface area (Å²) in [6.07, 6.45) is 0. The number of aromatic nitrogens is 2. The summed E-state index contributed by atoms with van der Waals surface area (Å²) in [6, 6.07) is 2.36. The lowest BCUT2D eigenvalue weighted by atomic mass is 9.90. The van der Waals surface area contributed by atoms with E-state index in [1.165, 1.54) is 77.6 Å². The van der Waals surface area contributed by atoms with E-state index in [0.29, 0.717) is 0 Å². The Labute approximate surface area is 181 Å². The summed E-state index contributed by atoms with van der Waals surface area (Å²) in [5.41, 5.74) is 18.4. The van der Waals surface area contributed by atoms with Crippen molar-refractivity contribution in [2.75, 3.05) is 0 Å². The van der Waals surface area contributed by atoms with Gasteiger partial charge < -0.3 is 4.57 Å². The van der Waals surface area contributed by atoms with Crippen molar-refractivity contribution in [3.8, 4) is 11.3 Å². The van der Waals surface area contributed by atoms with Crippen LogP contribution < -0.4 is 0 Å². The minimum Gasteiger partial charge on any atom is -0.347 e. The molecule has 2 heteroatoms. The van der Waals surface area contributed by atoms with Crippen LogP contribution in [0.3, 0.4) is 0 Å². The van der Waals surface area contributed by atoms with Crippen molar-refractivity contribution in [2.24, 2.45) is 7.05 Å². The van der Waals surface area contributed by atoms with Crippen molar-refractivity contribution in [3.63, 3.8) is 0 Å². The molecule has 4 rings (SSSR count). The summed E-state index contributed by atoms with van der Waals surface area (Å²) in [6.45, 7) is 22.4. The average Bonchev–Trinajstić information content (AvgIpc) is 2.98. The number of benzene rings is 2. The molecule has 0 fully saturated rings. The van der Waals surface area contributed by atoms with Crippen molar-refractivity contribution < 1.29 is 0 Å². The van der Waals surface area contributed by atoms with E-state index in [0.717, 1.165) is 11.2 Å². The number of hydrogen-bond donors (Lipinski definition) is 0. The van der Waals surface area contributed by atoms with E-state index in [2.05, 4.69) is 86.9 Å². The molecule has 0 unspecified atom stereocenters. The van der Waals surface area contributed by atoms with Crippen LogP contribution in [0.15, 0.2) is 6.07 Å². The third-order valence-corrected chi connectivity index (χ3v) is 8.00. The molecule has 2 heterocycles. The molecule has 0 spiro atoms. The highest BCUT2D eigenvalue weighted by Crippen LogP contribution is 2.42. The topological polar surface area (TPSA) is 17.8 Å². The summed E-state index contributed by atoms with van der Waals surface area (Å²) >= 11 is 0. The molecule has 156 valence electrons. The van der Waals surface area contributed by atoms with Crippen molar-refractivity contribution >= 4 is 21.8 Å². The minimum absolute atomic E-state index is 1.13. The number of nitrogens with zero attached hydrogens (tertiary/aromatic N) is 2. The van der Waals surface area contributed by atoms with Gasteiger partial charge in [-0.2, -0.15) is 0 Å². The van der Waals surface area contributed by atoms with Crippen molar-refractivity contribution in [1.82, 2.24) is 9.55 Å². The van der Waals surface area contributed by atoms with Crippen LogP contribution >= 0.6 is 0 Å². The van der Waals surface area contributed by atoms with Crippen LogP contribution in [0.4, 0.5) is 0 Å². The normalized spacial score (nSPS) is 11.8. The first-order valence-electron chi connectivity index (χ1n) is 10.9. The van der Waals surface area contributed by atoms with Crippen LogP contribution in [0, 0.1) is 69.2 Å². The fraction of sp³-hybridized carbons (Fsp3) is 0.393. The summed E-state index contributed by atoms with van der Waals surface area (Å²) in [5.74, 6) is 0. The van der Waals surface area contributed by atoms with Crippen LogP contribution in [-0.2, 0) is 7.05 Å². The first kappa shape index (κ1) is 20.7. The zero-order valence-electron chi connectivity index (χ0n) is 20.5. The van der Waals surface area contributed by atoms with Gasteiger partial charge in [0.15, 0.2) is 0 Å². The Hall–Kier alpha value is -2.61. The largest absolute Gasteiger partial charge is 0.347 e. The van der Waals surface area contributed by atoms with Gasteiger partial charge in [-0.05, 0) is 125 Å². The third-order valence-electron chi connectivity index (χ3n) is 8.00. The molecule has 0 saturated heterocycles. The van der Waals surface area contributed by atoms with Crippen molar-refractivity contribution in [2.45, 2.75) is 69.2 Å². The van der Waals surface area contributed by atoms with Crippen LogP contribution in [0.1, 0.15) is 55.8 Å². The number of pyridine rings is 1. The molecular weight excluding hydrogens is 364 g/mol. The first-order chi connectivity index (χ1) is 14.0. The Morgan fingerprint density at radius 1 is 0.633 bits per heavy atom. The van der Waals surface area contributed by atoms with E-state index < -0.39 is 0 Å². The first-order valence-corrected chi connectivity index (χ1v) is 10.9. The van der Waals surface area contributed by atoms with Gasteiger partial charge in [0.05, 0.1) is 16.7 Å². The molecule has 0 atom stereocenters. The lowest BCUT2D eigenvalue weighted by Gasteiger charge is -2.17. The van der Waals surface area contributed by atoms with Gasteiger partial charge in [0.1, 0.15) is 0 Å². The van der Waals surface area contributed by atoms with Crippen LogP contribution in [0.2, 0.25) is 0 Å². The highest BCUT2D eigenvalue weighted by Gasteiger charge is 2.23. The van der Waals surface area contributed by atoms with E-state index in [-0.39, 0.29) is 0 Å². The van der Waals surface area contributed by atoms with Gasteiger partial charge in [0, 0.05) is 29.1 Å². The molecule has 2 nitrogen and oxygen atoms in total. The molecule has 4 aromatic rings. The van der Waals surface area contributed by atoms with E-state index in [9.17, 15) is 0 Å². The molecular formula is C28H34N2. The molecule has 0 aliphatic carbocycles. The van der Waals surface area contributed by atoms with Crippen LogP contribution in [0.5, 0.6) is 0 Å². The van der Waals surface area contributed by atoms with Crippen LogP contribution in [-0.4, -0.2) is 9.55 Å². The number of fused-ring (bicyclic) bond motifs is 2. The Morgan fingerprint density at radius 2 is 1.17 bits per heavy atom. The summed E-state index contributed by atoms with van der Waals surface area (Å²) in [4.78, 5) is 5.34. The smallest absolute Gasteiger partial charge is 0.0763 e. The molecule has 0 saturated carbocycles. The van der Waals surface area contributed by atoms with Gasteiger partial charge in [-0.15, -0.1) is 0 Å². The molecule has 0 bridgehead atoms. The predicted octanol–water partition coefficient (Wildman–Crippen LogP) is 7.48. The molecule has 0 N–H and O–H groups in total. The van der Waals surface area contributed by atoms with Gasteiger partial charge in [-0.1, -0.05) is 0 Å². The van der Waals surface area contributed by atoms with Gasteiger partial charge in [-0.3, -0.25) is 0 Å². The molecule has 30 heavy (non-hydrogen) atoms.